The van der Waals surface area contributed by atoms with E-state index in [1.54, 1.807) is 0 Å². The number of halogens is 1. The molecule has 1 unspecified atom stereocenters. The van der Waals surface area contributed by atoms with E-state index in [0.717, 1.165) is 31.0 Å². The lowest BCUT2D eigenvalue weighted by molar-refractivity contribution is 0.358. The van der Waals surface area contributed by atoms with Crippen LogP contribution in [0.3, 0.4) is 0 Å². The lowest BCUT2D eigenvalue weighted by atomic mass is 9.90. The zero-order chi connectivity index (χ0) is 11.4. The number of nitrogens with one attached hydrogen (secondary N) is 1. The first kappa shape index (κ1) is 11.9. The first-order valence-corrected chi connectivity index (χ1v) is 6.31. The molecule has 1 saturated heterocycles. The van der Waals surface area contributed by atoms with Gasteiger partial charge in [0.15, 0.2) is 0 Å². The molecule has 0 radical (unpaired) electrons. The minimum Gasteiger partial charge on any atom is -0.329 e. The van der Waals surface area contributed by atoms with Gasteiger partial charge >= 0.3 is 0 Å². The van der Waals surface area contributed by atoms with Crippen molar-refractivity contribution in [2.75, 3.05) is 13.1 Å². The fourth-order valence-corrected chi connectivity index (χ4v) is 2.65. The quantitative estimate of drug-likeness (QED) is 0.845. The van der Waals surface area contributed by atoms with Crippen LogP contribution in [0.2, 0.25) is 5.02 Å². The highest BCUT2D eigenvalue weighted by atomic mass is 35.5. The van der Waals surface area contributed by atoms with Crippen LogP contribution in [0.4, 0.5) is 0 Å². The van der Waals surface area contributed by atoms with E-state index >= 15 is 0 Å². The van der Waals surface area contributed by atoms with Gasteiger partial charge in [-0.25, -0.2) is 0 Å². The summed E-state index contributed by atoms with van der Waals surface area (Å²) >= 11 is 5.97. The molecule has 0 saturated carbocycles. The smallest absolute Gasteiger partial charge is 0.0408 e. The topological polar surface area (TPSA) is 38.0 Å². The SMILES string of the molecule is NCC1(CCc2cccc(Cl)c2)CCCN1. The van der Waals surface area contributed by atoms with E-state index in [4.69, 9.17) is 17.3 Å². The van der Waals surface area contributed by atoms with Crippen LogP contribution in [0.15, 0.2) is 24.3 Å². The van der Waals surface area contributed by atoms with E-state index in [1.165, 1.54) is 18.4 Å². The first-order chi connectivity index (χ1) is 7.74. The van der Waals surface area contributed by atoms with E-state index in [-0.39, 0.29) is 5.54 Å². The van der Waals surface area contributed by atoms with E-state index in [0.29, 0.717) is 0 Å². The van der Waals surface area contributed by atoms with Crippen molar-refractivity contribution in [1.82, 2.24) is 5.32 Å². The van der Waals surface area contributed by atoms with E-state index < -0.39 is 0 Å². The number of hydrogen-bond acceptors (Lipinski definition) is 2. The summed E-state index contributed by atoms with van der Waals surface area (Å²) in [4.78, 5) is 0. The van der Waals surface area contributed by atoms with Gasteiger partial charge in [0.25, 0.3) is 0 Å². The molecule has 1 fully saturated rings. The van der Waals surface area contributed by atoms with Crippen molar-refractivity contribution in [2.24, 2.45) is 5.73 Å². The Morgan fingerprint density at radius 1 is 1.44 bits per heavy atom. The highest BCUT2D eigenvalue weighted by Gasteiger charge is 2.31. The Hall–Kier alpha value is -0.570. The van der Waals surface area contributed by atoms with Gasteiger partial charge < -0.3 is 11.1 Å². The van der Waals surface area contributed by atoms with Crippen molar-refractivity contribution in [3.8, 4) is 0 Å². The predicted octanol–water partition coefficient (Wildman–Crippen LogP) is 2.35. The summed E-state index contributed by atoms with van der Waals surface area (Å²) in [5.74, 6) is 0. The highest BCUT2D eigenvalue weighted by molar-refractivity contribution is 6.30. The second-order valence-electron chi connectivity index (χ2n) is 4.64. The highest BCUT2D eigenvalue weighted by Crippen LogP contribution is 2.24. The maximum Gasteiger partial charge on any atom is 0.0408 e. The minimum absolute atomic E-state index is 0.169. The first-order valence-electron chi connectivity index (χ1n) is 5.94. The Balaban J connectivity index is 1.95. The van der Waals surface area contributed by atoms with Gasteiger partial charge in [-0.15, -0.1) is 0 Å². The van der Waals surface area contributed by atoms with Crippen LogP contribution in [-0.4, -0.2) is 18.6 Å². The van der Waals surface area contributed by atoms with Crippen molar-refractivity contribution < 1.29 is 0 Å². The van der Waals surface area contributed by atoms with Crippen LogP contribution in [0.1, 0.15) is 24.8 Å². The normalized spacial score (nSPS) is 24.9. The molecular weight excluding hydrogens is 220 g/mol. The molecule has 3 heteroatoms. The van der Waals surface area contributed by atoms with Gasteiger partial charge in [-0.1, -0.05) is 23.7 Å². The summed E-state index contributed by atoms with van der Waals surface area (Å²) in [5, 5.41) is 4.36. The molecule has 1 aromatic carbocycles. The molecular formula is C13H19ClN2. The average molecular weight is 239 g/mol. The Morgan fingerprint density at radius 2 is 2.31 bits per heavy atom. The van der Waals surface area contributed by atoms with Crippen molar-refractivity contribution in [3.05, 3.63) is 34.9 Å². The third kappa shape index (κ3) is 2.76. The molecule has 0 bridgehead atoms. The summed E-state index contributed by atoms with van der Waals surface area (Å²) < 4.78 is 0. The second-order valence-corrected chi connectivity index (χ2v) is 5.08. The van der Waals surface area contributed by atoms with Gasteiger partial charge in [-0.3, -0.25) is 0 Å². The largest absolute Gasteiger partial charge is 0.329 e. The van der Waals surface area contributed by atoms with Crippen LogP contribution in [0, 0.1) is 0 Å². The molecule has 0 aromatic heterocycles. The van der Waals surface area contributed by atoms with Crippen molar-refractivity contribution in [3.63, 3.8) is 0 Å². The van der Waals surface area contributed by atoms with Gasteiger partial charge in [-0.2, -0.15) is 0 Å². The minimum atomic E-state index is 0.169. The van der Waals surface area contributed by atoms with Crippen molar-refractivity contribution in [1.29, 1.82) is 0 Å². The van der Waals surface area contributed by atoms with Gasteiger partial charge in [0, 0.05) is 17.1 Å². The Labute approximate surface area is 102 Å². The fourth-order valence-electron chi connectivity index (χ4n) is 2.43. The van der Waals surface area contributed by atoms with Crippen LogP contribution in [0.25, 0.3) is 0 Å². The standard InChI is InChI=1S/C13H19ClN2/c14-12-4-1-3-11(9-12)5-7-13(10-15)6-2-8-16-13/h1,3-4,9,16H,2,5-8,10,15H2. The van der Waals surface area contributed by atoms with Crippen LogP contribution in [0.5, 0.6) is 0 Å². The zero-order valence-corrected chi connectivity index (χ0v) is 10.3. The van der Waals surface area contributed by atoms with Crippen LogP contribution >= 0.6 is 11.6 Å². The molecule has 2 rings (SSSR count). The summed E-state index contributed by atoms with van der Waals surface area (Å²) in [7, 11) is 0. The van der Waals surface area contributed by atoms with Crippen LogP contribution in [-0.2, 0) is 6.42 Å². The van der Waals surface area contributed by atoms with E-state index in [2.05, 4.69) is 11.4 Å². The molecule has 3 N–H and O–H groups in total. The fraction of sp³-hybridized carbons (Fsp3) is 0.538. The summed E-state index contributed by atoms with van der Waals surface area (Å²) in [5.41, 5.74) is 7.34. The predicted molar refractivity (Wildman–Crippen MR) is 68.8 cm³/mol. The maximum atomic E-state index is 5.97. The second kappa shape index (κ2) is 5.17. The third-order valence-electron chi connectivity index (χ3n) is 3.50. The maximum absolute atomic E-state index is 5.97. The number of hydrogen-bond donors (Lipinski definition) is 2. The Bertz CT molecular complexity index is 346. The van der Waals surface area contributed by atoms with Crippen molar-refractivity contribution in [2.45, 2.75) is 31.2 Å². The number of benzene rings is 1. The molecule has 88 valence electrons. The lowest BCUT2D eigenvalue weighted by Crippen LogP contribution is -2.46. The molecule has 0 aliphatic carbocycles. The summed E-state index contributed by atoms with van der Waals surface area (Å²) in [6.45, 7) is 1.83. The molecule has 1 heterocycles. The number of aryl methyl sites for hydroxylation is 1. The molecule has 2 nitrogen and oxygen atoms in total. The lowest BCUT2D eigenvalue weighted by Gasteiger charge is -2.27. The van der Waals surface area contributed by atoms with Gasteiger partial charge in [0.1, 0.15) is 0 Å². The Kier molecular flexibility index (Phi) is 3.85. The van der Waals surface area contributed by atoms with E-state index in [1.807, 2.05) is 18.2 Å². The molecule has 1 aromatic rings. The number of rotatable bonds is 4. The molecule has 0 amide bonds. The Morgan fingerprint density at radius 3 is 2.94 bits per heavy atom. The average Bonchev–Trinajstić information content (AvgIpc) is 2.76. The van der Waals surface area contributed by atoms with Crippen molar-refractivity contribution >= 4 is 11.6 Å². The zero-order valence-electron chi connectivity index (χ0n) is 9.51. The summed E-state index contributed by atoms with van der Waals surface area (Å²) in [6.07, 6.45) is 4.59. The monoisotopic (exact) mass is 238 g/mol. The molecule has 16 heavy (non-hydrogen) atoms. The van der Waals surface area contributed by atoms with Gasteiger partial charge in [0.2, 0.25) is 0 Å². The molecule has 0 spiro atoms. The third-order valence-corrected chi connectivity index (χ3v) is 3.74. The van der Waals surface area contributed by atoms with Gasteiger partial charge in [-0.05, 0) is 49.9 Å². The number of nitrogens with two attached hydrogens (primary N) is 1. The molecule has 1 aliphatic heterocycles. The van der Waals surface area contributed by atoms with E-state index in [9.17, 15) is 0 Å². The molecule has 1 atom stereocenters. The van der Waals surface area contributed by atoms with Gasteiger partial charge in [0.05, 0.1) is 0 Å². The van der Waals surface area contributed by atoms with Crippen LogP contribution < -0.4 is 11.1 Å². The summed E-state index contributed by atoms with van der Waals surface area (Å²) in [6, 6.07) is 8.10. The molecule has 1 aliphatic rings.